The average Bonchev–Trinajstić information content (AvgIpc) is 2.65. The van der Waals surface area contributed by atoms with Gasteiger partial charge in [0.1, 0.15) is 18.1 Å². The van der Waals surface area contributed by atoms with Crippen LogP contribution >= 0.6 is 0 Å². The van der Waals surface area contributed by atoms with Crippen molar-refractivity contribution in [2.45, 2.75) is 38.2 Å². The summed E-state index contributed by atoms with van der Waals surface area (Å²) < 4.78 is 11.4. The van der Waals surface area contributed by atoms with E-state index in [1.807, 2.05) is 48.5 Å². The minimum absolute atomic E-state index is 0.447. The van der Waals surface area contributed by atoms with Crippen molar-refractivity contribution in [3.8, 4) is 11.5 Å². The minimum Gasteiger partial charge on any atom is -0.496 e. The molecule has 1 aliphatic heterocycles. The first kappa shape index (κ1) is 18.7. The molecule has 0 bridgehead atoms. The number of β-amino-alcohol motifs (C(OH)–C–C–N with tert-alkyl or cyclic N) is 1. The van der Waals surface area contributed by atoms with Crippen LogP contribution in [0.15, 0.2) is 48.5 Å². The Morgan fingerprint density at radius 1 is 1.19 bits per heavy atom. The maximum Gasteiger partial charge on any atom is 0.127 e. The summed E-state index contributed by atoms with van der Waals surface area (Å²) in [6, 6.07) is 15.9. The molecule has 2 atom stereocenters. The third-order valence-electron chi connectivity index (χ3n) is 4.98. The van der Waals surface area contributed by atoms with Crippen LogP contribution in [0.3, 0.4) is 0 Å². The number of aliphatic hydroxyl groups is 2. The number of aliphatic hydroxyl groups excluding tert-OH is 1. The maximum atomic E-state index is 10.1. The van der Waals surface area contributed by atoms with Gasteiger partial charge in [-0.05, 0) is 25.0 Å². The molecule has 2 aromatic carbocycles. The normalized spacial score (nSPS) is 23.6. The van der Waals surface area contributed by atoms with E-state index in [1.54, 1.807) is 14.0 Å². The first-order valence-corrected chi connectivity index (χ1v) is 8.94. The molecule has 3 rings (SSSR count). The lowest BCUT2D eigenvalue weighted by atomic mass is 9.90. The molecule has 1 heterocycles. The molecule has 1 aliphatic rings. The Kier molecular flexibility index (Phi) is 5.81. The van der Waals surface area contributed by atoms with Crippen LogP contribution in [0, 0.1) is 0 Å². The van der Waals surface area contributed by atoms with Gasteiger partial charge >= 0.3 is 0 Å². The molecule has 2 aromatic rings. The van der Waals surface area contributed by atoms with Gasteiger partial charge in [-0.25, -0.2) is 0 Å². The minimum atomic E-state index is -1.00. The van der Waals surface area contributed by atoms with Crippen LogP contribution in [0.25, 0.3) is 0 Å². The summed E-state index contributed by atoms with van der Waals surface area (Å²) in [4.78, 5) is 2.13. The summed E-state index contributed by atoms with van der Waals surface area (Å²) in [6.45, 7) is 4.04. The van der Waals surface area contributed by atoms with E-state index in [-0.39, 0.29) is 0 Å². The lowest BCUT2D eigenvalue weighted by molar-refractivity contribution is -0.108. The molecule has 0 radical (unpaired) electrons. The number of benzene rings is 2. The Morgan fingerprint density at radius 2 is 1.96 bits per heavy atom. The van der Waals surface area contributed by atoms with Gasteiger partial charge in [0.2, 0.25) is 0 Å². The van der Waals surface area contributed by atoms with E-state index in [4.69, 9.17) is 9.47 Å². The summed E-state index contributed by atoms with van der Waals surface area (Å²) >= 11 is 0. The molecule has 5 heteroatoms. The number of hydrogen-bond acceptors (Lipinski definition) is 5. The number of piperidine rings is 1. The molecule has 0 amide bonds. The monoisotopic (exact) mass is 357 g/mol. The van der Waals surface area contributed by atoms with Crippen LogP contribution in [0.1, 0.15) is 24.5 Å². The number of nitrogens with zero attached hydrogens (tertiary/aromatic N) is 1. The average molecular weight is 357 g/mol. The predicted molar refractivity (Wildman–Crippen MR) is 100 cm³/mol. The summed E-state index contributed by atoms with van der Waals surface area (Å²) in [7, 11) is 1.65. The van der Waals surface area contributed by atoms with Gasteiger partial charge in [0.15, 0.2) is 0 Å². The second-order valence-corrected chi connectivity index (χ2v) is 7.11. The molecule has 5 nitrogen and oxygen atoms in total. The quantitative estimate of drug-likeness (QED) is 0.832. The first-order chi connectivity index (χ1) is 12.5. The van der Waals surface area contributed by atoms with Crippen molar-refractivity contribution < 1.29 is 19.7 Å². The van der Waals surface area contributed by atoms with E-state index in [0.29, 0.717) is 26.1 Å². The second kappa shape index (κ2) is 8.08. The number of likely N-dealkylation sites (tertiary alicyclic amines) is 1. The van der Waals surface area contributed by atoms with E-state index in [9.17, 15) is 10.2 Å². The van der Waals surface area contributed by atoms with Crippen molar-refractivity contribution in [2.75, 3.05) is 20.2 Å². The number of rotatable bonds is 6. The van der Waals surface area contributed by atoms with Crippen LogP contribution in [-0.2, 0) is 13.2 Å². The van der Waals surface area contributed by atoms with Crippen LogP contribution in [0.4, 0.5) is 0 Å². The van der Waals surface area contributed by atoms with Gasteiger partial charge in [-0.1, -0.05) is 36.4 Å². The van der Waals surface area contributed by atoms with E-state index < -0.39 is 11.7 Å². The number of hydrogen-bond donors (Lipinski definition) is 2. The van der Waals surface area contributed by atoms with Gasteiger partial charge in [0.25, 0.3) is 0 Å². The van der Waals surface area contributed by atoms with Crippen molar-refractivity contribution in [3.05, 3.63) is 59.7 Å². The fraction of sp³-hybridized carbons (Fsp3) is 0.429. The van der Waals surface area contributed by atoms with Crippen molar-refractivity contribution in [1.29, 1.82) is 0 Å². The van der Waals surface area contributed by atoms with Gasteiger partial charge < -0.3 is 19.7 Å². The highest BCUT2D eigenvalue weighted by Crippen LogP contribution is 2.29. The molecule has 1 fully saturated rings. The third kappa shape index (κ3) is 4.55. The van der Waals surface area contributed by atoms with Gasteiger partial charge in [0.05, 0.1) is 18.8 Å². The number of ether oxygens (including phenoxy) is 2. The van der Waals surface area contributed by atoms with Crippen molar-refractivity contribution >= 4 is 0 Å². The van der Waals surface area contributed by atoms with Crippen LogP contribution in [0.2, 0.25) is 0 Å². The first-order valence-electron chi connectivity index (χ1n) is 8.94. The lowest BCUT2D eigenvalue weighted by Crippen LogP contribution is -2.53. The Labute approximate surface area is 154 Å². The zero-order valence-electron chi connectivity index (χ0n) is 15.4. The zero-order valence-corrected chi connectivity index (χ0v) is 15.4. The molecule has 0 aliphatic carbocycles. The molecule has 26 heavy (non-hydrogen) atoms. The van der Waals surface area contributed by atoms with E-state index >= 15 is 0 Å². The molecular formula is C21H27NO4. The maximum absolute atomic E-state index is 10.1. The van der Waals surface area contributed by atoms with E-state index in [0.717, 1.165) is 29.2 Å². The topological polar surface area (TPSA) is 62.2 Å². The second-order valence-electron chi connectivity index (χ2n) is 7.11. The largest absolute Gasteiger partial charge is 0.496 e. The smallest absolute Gasteiger partial charge is 0.127 e. The van der Waals surface area contributed by atoms with E-state index in [2.05, 4.69) is 4.90 Å². The van der Waals surface area contributed by atoms with Crippen molar-refractivity contribution in [3.63, 3.8) is 0 Å². The molecule has 1 saturated heterocycles. The van der Waals surface area contributed by atoms with Crippen LogP contribution < -0.4 is 9.47 Å². The molecule has 140 valence electrons. The van der Waals surface area contributed by atoms with Crippen molar-refractivity contribution in [1.82, 2.24) is 4.90 Å². The van der Waals surface area contributed by atoms with Gasteiger partial charge in [-0.3, -0.25) is 4.90 Å². The highest BCUT2D eigenvalue weighted by Gasteiger charge is 2.36. The van der Waals surface area contributed by atoms with Gasteiger partial charge in [-0.2, -0.15) is 0 Å². The van der Waals surface area contributed by atoms with Gasteiger partial charge in [-0.15, -0.1) is 0 Å². The third-order valence-corrected chi connectivity index (χ3v) is 4.98. The Morgan fingerprint density at radius 3 is 2.65 bits per heavy atom. The van der Waals surface area contributed by atoms with Crippen molar-refractivity contribution in [2.24, 2.45) is 0 Å². The molecular weight excluding hydrogens is 330 g/mol. The van der Waals surface area contributed by atoms with Crippen LogP contribution in [0.5, 0.6) is 11.5 Å². The number of methoxy groups -OCH3 is 1. The molecule has 0 spiro atoms. The molecule has 0 unspecified atom stereocenters. The summed E-state index contributed by atoms with van der Waals surface area (Å²) in [5.74, 6) is 1.53. The molecule has 0 aromatic heterocycles. The Balaban J connectivity index is 1.63. The van der Waals surface area contributed by atoms with Crippen LogP contribution in [-0.4, -0.2) is 47.0 Å². The summed E-state index contributed by atoms with van der Waals surface area (Å²) in [5.41, 5.74) is 1.15. The SMILES string of the molecule is COc1cc(OCc2ccccc2)ccc1CN1CC[C@](C)(O)[C@@H](O)C1. The highest BCUT2D eigenvalue weighted by molar-refractivity contribution is 5.41. The molecule has 2 N–H and O–H groups in total. The predicted octanol–water partition coefficient (Wildman–Crippen LogP) is 2.59. The standard InChI is InChI=1S/C21H27NO4/c1-21(24)10-11-22(14-20(21)23)13-17-8-9-18(12-19(17)25-2)26-15-16-6-4-3-5-7-16/h3-9,12,20,23-24H,10-11,13-15H2,1-2H3/t20-,21-/m0/s1. The fourth-order valence-corrected chi connectivity index (χ4v) is 3.15. The fourth-order valence-electron chi connectivity index (χ4n) is 3.15. The Bertz CT molecular complexity index is 717. The lowest BCUT2D eigenvalue weighted by Gasteiger charge is -2.40. The van der Waals surface area contributed by atoms with Gasteiger partial charge in [0, 0.05) is 31.3 Å². The highest BCUT2D eigenvalue weighted by atomic mass is 16.5. The Hall–Kier alpha value is -2.08. The van der Waals surface area contributed by atoms with E-state index in [1.165, 1.54) is 0 Å². The summed E-state index contributed by atoms with van der Waals surface area (Å²) in [5, 5.41) is 20.2. The zero-order chi connectivity index (χ0) is 18.6. The molecule has 0 saturated carbocycles. The summed E-state index contributed by atoms with van der Waals surface area (Å²) in [6.07, 6.45) is -0.190.